The van der Waals surface area contributed by atoms with Crippen LogP contribution in [0.25, 0.3) is 0 Å². The fourth-order valence-electron chi connectivity index (χ4n) is 2.25. The molecule has 0 saturated carbocycles. The predicted octanol–water partition coefficient (Wildman–Crippen LogP) is 2.35. The molecule has 1 aromatic carbocycles. The first-order valence-electron chi connectivity index (χ1n) is 5.21. The molecule has 0 amide bonds. The van der Waals surface area contributed by atoms with Crippen LogP contribution in [0.1, 0.15) is 29.2 Å². The number of rotatable bonds is 1. The average molecular weight is 195 g/mol. The van der Waals surface area contributed by atoms with Crippen molar-refractivity contribution in [1.29, 1.82) is 0 Å². The van der Waals surface area contributed by atoms with Crippen LogP contribution in [0.4, 0.5) is 0 Å². The Bertz CT molecular complexity index is 465. The summed E-state index contributed by atoms with van der Waals surface area (Å²) in [7, 11) is 0. The van der Waals surface area contributed by atoms with E-state index in [2.05, 4.69) is 40.4 Å². The highest BCUT2D eigenvalue weighted by Gasteiger charge is 2.24. The van der Waals surface area contributed by atoms with Crippen molar-refractivity contribution in [3.63, 3.8) is 0 Å². The fraction of sp³-hybridized carbons (Fsp3) is 0.231. The smallest absolute Gasteiger partial charge is 0.116 e. The van der Waals surface area contributed by atoms with Crippen molar-refractivity contribution in [3.8, 4) is 0 Å². The summed E-state index contributed by atoms with van der Waals surface area (Å²) >= 11 is 0. The van der Waals surface area contributed by atoms with Gasteiger partial charge in [-0.25, -0.2) is 9.97 Å². The Morgan fingerprint density at radius 1 is 1.20 bits per heavy atom. The number of hydrogen-bond acceptors (Lipinski definition) is 2. The quantitative estimate of drug-likeness (QED) is 0.698. The summed E-state index contributed by atoms with van der Waals surface area (Å²) in [5.41, 5.74) is 3.70. The van der Waals surface area contributed by atoms with E-state index in [0.29, 0.717) is 5.92 Å². The molecule has 2 aromatic rings. The third-order valence-electron chi connectivity index (χ3n) is 2.99. The molecule has 73 valence electrons. The van der Waals surface area contributed by atoms with Crippen LogP contribution < -0.4 is 0 Å². The molecule has 1 heterocycles. The van der Waals surface area contributed by atoms with E-state index in [1.807, 2.05) is 6.07 Å². The summed E-state index contributed by atoms with van der Waals surface area (Å²) in [6.07, 6.45) is 6.86. The molecule has 0 N–H and O–H groups in total. The zero-order valence-electron chi connectivity index (χ0n) is 8.35. The van der Waals surface area contributed by atoms with E-state index in [1.165, 1.54) is 16.8 Å². The van der Waals surface area contributed by atoms with Crippen molar-refractivity contribution < 1.29 is 0 Å². The van der Waals surface area contributed by atoms with E-state index in [9.17, 15) is 0 Å². The van der Waals surface area contributed by atoms with Gasteiger partial charge in [-0.05, 0) is 18.4 Å². The lowest BCUT2D eigenvalue weighted by Gasteiger charge is -2.09. The Hall–Kier alpha value is -1.70. The van der Waals surface area contributed by atoms with Crippen molar-refractivity contribution >= 4 is 0 Å². The van der Waals surface area contributed by atoms with Crippen molar-refractivity contribution in [2.24, 2.45) is 0 Å². The van der Waals surface area contributed by atoms with E-state index in [-0.39, 0.29) is 0 Å². The first-order chi connectivity index (χ1) is 7.45. The van der Waals surface area contributed by atoms with Crippen LogP contribution >= 0.6 is 0 Å². The minimum atomic E-state index is 0.447. The summed E-state index contributed by atoms with van der Waals surface area (Å²) in [6, 6.07) is 10.5. The lowest BCUT2D eigenvalue weighted by atomic mass is 9.95. The monoisotopic (exact) mass is 195 g/mol. The van der Waals surface area contributed by atoms with Crippen LogP contribution in [-0.4, -0.2) is 9.97 Å². The zero-order valence-corrected chi connectivity index (χ0v) is 8.35. The number of aryl methyl sites for hydroxylation is 1. The number of hydrogen-bond donors (Lipinski definition) is 0. The minimum Gasteiger partial charge on any atom is -0.241 e. The van der Waals surface area contributed by atoms with Crippen molar-refractivity contribution in [2.45, 2.75) is 18.8 Å². The summed E-state index contributed by atoms with van der Waals surface area (Å²) < 4.78 is 0. The van der Waals surface area contributed by atoms with Crippen LogP contribution in [0.2, 0.25) is 0 Å². The standard InChI is InChI=1S/C13H11N2/c1-2-4-10(5-3-1)11-6-7-13-12(11)8-14-9-15-13/h1-5,9,11H,6-7H2. The molecule has 15 heavy (non-hydrogen) atoms. The Labute approximate surface area is 89.0 Å². The molecule has 1 unspecified atom stereocenters. The summed E-state index contributed by atoms with van der Waals surface area (Å²) in [4.78, 5) is 8.29. The number of fused-ring (bicyclic) bond motifs is 1. The molecular formula is C13H11N2. The highest BCUT2D eigenvalue weighted by molar-refractivity contribution is 5.36. The van der Waals surface area contributed by atoms with Gasteiger partial charge >= 0.3 is 0 Å². The molecule has 1 atom stereocenters. The van der Waals surface area contributed by atoms with Crippen LogP contribution in [0.15, 0.2) is 36.7 Å². The van der Waals surface area contributed by atoms with Crippen LogP contribution in [0.3, 0.4) is 0 Å². The van der Waals surface area contributed by atoms with Gasteiger partial charge in [0.2, 0.25) is 0 Å². The Balaban J connectivity index is 2.05. The zero-order chi connectivity index (χ0) is 10.1. The maximum atomic E-state index is 4.29. The van der Waals surface area contributed by atoms with Crippen molar-refractivity contribution in [1.82, 2.24) is 9.97 Å². The second-order valence-corrected chi connectivity index (χ2v) is 3.85. The molecule has 0 fully saturated rings. The van der Waals surface area contributed by atoms with Gasteiger partial charge in [0.1, 0.15) is 6.33 Å². The molecular weight excluding hydrogens is 184 g/mol. The largest absolute Gasteiger partial charge is 0.241 e. The second-order valence-electron chi connectivity index (χ2n) is 3.85. The predicted molar refractivity (Wildman–Crippen MR) is 57.5 cm³/mol. The van der Waals surface area contributed by atoms with E-state index in [4.69, 9.17) is 0 Å². The van der Waals surface area contributed by atoms with Crippen molar-refractivity contribution in [2.75, 3.05) is 0 Å². The first kappa shape index (κ1) is 8.60. The van der Waals surface area contributed by atoms with E-state index < -0.39 is 0 Å². The normalized spacial score (nSPS) is 18.8. The highest BCUT2D eigenvalue weighted by Crippen LogP contribution is 2.35. The van der Waals surface area contributed by atoms with E-state index >= 15 is 0 Å². The SMILES string of the molecule is [c]1ncnc2c1C(c1ccccc1)CC2. The van der Waals surface area contributed by atoms with Crippen LogP contribution in [0, 0.1) is 6.20 Å². The van der Waals surface area contributed by atoms with Crippen LogP contribution in [0.5, 0.6) is 0 Å². The number of nitrogens with zero attached hydrogens (tertiary/aromatic N) is 2. The molecule has 1 radical (unpaired) electrons. The summed E-state index contributed by atoms with van der Waals surface area (Å²) in [5.74, 6) is 0.447. The van der Waals surface area contributed by atoms with Gasteiger partial charge in [0.05, 0.1) is 6.20 Å². The molecule has 0 aliphatic heterocycles. The Kier molecular flexibility index (Phi) is 1.98. The number of aromatic nitrogens is 2. The summed E-state index contributed by atoms with van der Waals surface area (Å²) in [6.45, 7) is 0. The summed E-state index contributed by atoms with van der Waals surface area (Å²) in [5, 5.41) is 0. The Morgan fingerprint density at radius 3 is 2.93 bits per heavy atom. The van der Waals surface area contributed by atoms with Gasteiger partial charge < -0.3 is 0 Å². The van der Waals surface area contributed by atoms with Gasteiger partial charge in [0.25, 0.3) is 0 Å². The first-order valence-corrected chi connectivity index (χ1v) is 5.21. The Morgan fingerprint density at radius 2 is 2.07 bits per heavy atom. The van der Waals surface area contributed by atoms with Gasteiger partial charge in [-0.2, -0.15) is 0 Å². The fourth-order valence-corrected chi connectivity index (χ4v) is 2.25. The van der Waals surface area contributed by atoms with Gasteiger partial charge in [-0.3, -0.25) is 0 Å². The lowest BCUT2D eigenvalue weighted by molar-refractivity contribution is 0.784. The van der Waals surface area contributed by atoms with Gasteiger partial charge in [0.15, 0.2) is 0 Å². The average Bonchev–Trinajstić information content (AvgIpc) is 2.74. The maximum Gasteiger partial charge on any atom is 0.116 e. The molecule has 2 heteroatoms. The van der Waals surface area contributed by atoms with Crippen LogP contribution in [-0.2, 0) is 6.42 Å². The molecule has 0 saturated heterocycles. The van der Waals surface area contributed by atoms with Crippen molar-refractivity contribution in [3.05, 3.63) is 59.7 Å². The molecule has 0 spiro atoms. The van der Waals surface area contributed by atoms with E-state index in [1.54, 1.807) is 6.33 Å². The number of benzene rings is 1. The maximum absolute atomic E-state index is 4.29. The lowest BCUT2D eigenvalue weighted by Crippen LogP contribution is -1.97. The molecule has 0 bridgehead atoms. The second kappa shape index (κ2) is 3.46. The third-order valence-corrected chi connectivity index (χ3v) is 2.99. The topological polar surface area (TPSA) is 25.8 Å². The van der Waals surface area contributed by atoms with Gasteiger partial charge in [-0.15, -0.1) is 0 Å². The minimum absolute atomic E-state index is 0.447. The molecule has 1 aliphatic carbocycles. The molecule has 3 rings (SSSR count). The van der Waals surface area contributed by atoms with Gasteiger partial charge in [-0.1, -0.05) is 30.3 Å². The third kappa shape index (κ3) is 1.42. The molecule has 2 nitrogen and oxygen atoms in total. The van der Waals surface area contributed by atoms with Gasteiger partial charge in [0, 0.05) is 17.2 Å². The van der Waals surface area contributed by atoms with E-state index in [0.717, 1.165) is 12.8 Å². The highest BCUT2D eigenvalue weighted by atomic mass is 14.8. The molecule has 1 aliphatic rings. The molecule has 1 aromatic heterocycles.